The Balaban J connectivity index is 2.49. The molecule has 16 heavy (non-hydrogen) atoms. The summed E-state index contributed by atoms with van der Waals surface area (Å²) in [7, 11) is 0. The second-order valence-electron chi connectivity index (χ2n) is 4.90. The van der Waals surface area contributed by atoms with Gasteiger partial charge < -0.3 is 15.3 Å². The van der Waals surface area contributed by atoms with Gasteiger partial charge in [0.1, 0.15) is 0 Å². The standard InChI is InChI=1S/C12H24N2O2/c1-3-12(2,10-15)13-11(16)14-8-6-4-5-7-9-14/h15H,3-10H2,1-2H3,(H,13,16). The Morgan fingerprint density at radius 3 is 2.31 bits per heavy atom. The van der Waals surface area contributed by atoms with Crippen LogP contribution in [-0.4, -0.2) is 41.3 Å². The Bertz CT molecular complexity index is 219. The van der Waals surface area contributed by atoms with Crippen LogP contribution in [-0.2, 0) is 0 Å². The summed E-state index contributed by atoms with van der Waals surface area (Å²) in [5.41, 5.74) is -0.483. The molecule has 0 aromatic rings. The molecule has 4 nitrogen and oxygen atoms in total. The average molecular weight is 228 g/mol. The lowest BCUT2D eigenvalue weighted by atomic mass is 10.0. The van der Waals surface area contributed by atoms with Crippen LogP contribution in [0, 0.1) is 0 Å². The van der Waals surface area contributed by atoms with Gasteiger partial charge in [0.2, 0.25) is 0 Å². The minimum absolute atomic E-state index is 0.0108. The van der Waals surface area contributed by atoms with E-state index in [1.165, 1.54) is 12.8 Å². The van der Waals surface area contributed by atoms with Gasteiger partial charge in [-0.15, -0.1) is 0 Å². The smallest absolute Gasteiger partial charge is 0.317 e. The zero-order chi connectivity index (χ0) is 12.0. The predicted octanol–water partition coefficient (Wildman–Crippen LogP) is 1.73. The summed E-state index contributed by atoms with van der Waals surface area (Å²) in [6.45, 7) is 5.53. The Morgan fingerprint density at radius 1 is 1.31 bits per heavy atom. The highest BCUT2D eigenvalue weighted by atomic mass is 16.3. The van der Waals surface area contributed by atoms with Crippen LogP contribution in [0.2, 0.25) is 0 Å². The highest BCUT2D eigenvalue weighted by Gasteiger charge is 2.26. The van der Waals surface area contributed by atoms with Crippen molar-refractivity contribution < 1.29 is 9.90 Å². The molecular weight excluding hydrogens is 204 g/mol. The molecule has 1 heterocycles. The molecule has 1 rings (SSSR count). The van der Waals surface area contributed by atoms with E-state index in [1.807, 2.05) is 18.7 Å². The van der Waals surface area contributed by atoms with E-state index in [9.17, 15) is 9.90 Å². The first kappa shape index (κ1) is 13.3. The molecule has 0 saturated carbocycles. The zero-order valence-corrected chi connectivity index (χ0v) is 10.5. The number of hydrogen-bond donors (Lipinski definition) is 2. The van der Waals surface area contributed by atoms with Crippen LogP contribution in [0.5, 0.6) is 0 Å². The molecule has 1 saturated heterocycles. The fraction of sp³-hybridized carbons (Fsp3) is 0.917. The lowest BCUT2D eigenvalue weighted by molar-refractivity contribution is 0.149. The Hall–Kier alpha value is -0.770. The van der Waals surface area contributed by atoms with E-state index in [0.717, 1.165) is 32.4 Å². The molecule has 0 bridgehead atoms. The maximum Gasteiger partial charge on any atom is 0.317 e. The van der Waals surface area contributed by atoms with Gasteiger partial charge in [0.15, 0.2) is 0 Å². The van der Waals surface area contributed by atoms with Crippen molar-refractivity contribution in [3.63, 3.8) is 0 Å². The largest absolute Gasteiger partial charge is 0.394 e. The van der Waals surface area contributed by atoms with Crippen molar-refractivity contribution in [3.8, 4) is 0 Å². The van der Waals surface area contributed by atoms with Gasteiger partial charge in [0.05, 0.1) is 12.1 Å². The van der Waals surface area contributed by atoms with Crippen molar-refractivity contribution in [2.45, 2.75) is 51.5 Å². The third-order valence-electron chi connectivity index (χ3n) is 3.43. The quantitative estimate of drug-likeness (QED) is 0.773. The van der Waals surface area contributed by atoms with Gasteiger partial charge in [0.25, 0.3) is 0 Å². The van der Waals surface area contributed by atoms with Crippen molar-refractivity contribution in [1.82, 2.24) is 10.2 Å². The zero-order valence-electron chi connectivity index (χ0n) is 10.5. The molecule has 0 spiro atoms. The summed E-state index contributed by atoms with van der Waals surface area (Å²) in [6, 6.07) is -0.0275. The molecule has 2 N–H and O–H groups in total. The summed E-state index contributed by atoms with van der Waals surface area (Å²) in [5, 5.41) is 12.2. The summed E-state index contributed by atoms with van der Waals surface area (Å²) < 4.78 is 0. The minimum atomic E-state index is -0.483. The Morgan fingerprint density at radius 2 is 1.88 bits per heavy atom. The molecule has 0 aliphatic carbocycles. The lowest BCUT2D eigenvalue weighted by Crippen LogP contribution is -2.53. The molecule has 1 atom stereocenters. The number of likely N-dealkylation sites (tertiary alicyclic amines) is 1. The molecule has 4 heteroatoms. The van der Waals surface area contributed by atoms with Crippen LogP contribution >= 0.6 is 0 Å². The van der Waals surface area contributed by atoms with E-state index in [4.69, 9.17) is 0 Å². The number of nitrogens with zero attached hydrogens (tertiary/aromatic N) is 1. The van der Waals surface area contributed by atoms with Crippen molar-refractivity contribution in [2.24, 2.45) is 0 Å². The summed E-state index contributed by atoms with van der Waals surface area (Å²) in [4.78, 5) is 13.9. The summed E-state index contributed by atoms with van der Waals surface area (Å²) in [6.07, 6.45) is 5.36. The number of carbonyl (C=O) groups is 1. The Kier molecular flexibility index (Phi) is 5.06. The first-order valence-corrected chi connectivity index (χ1v) is 6.29. The van der Waals surface area contributed by atoms with Gasteiger partial charge in [-0.25, -0.2) is 4.79 Å². The van der Waals surface area contributed by atoms with E-state index in [1.54, 1.807) is 0 Å². The number of aliphatic hydroxyl groups is 1. The van der Waals surface area contributed by atoms with Crippen LogP contribution in [0.15, 0.2) is 0 Å². The molecule has 0 aromatic carbocycles. The lowest BCUT2D eigenvalue weighted by Gasteiger charge is -2.31. The van der Waals surface area contributed by atoms with Gasteiger partial charge in [0, 0.05) is 13.1 Å². The fourth-order valence-corrected chi connectivity index (χ4v) is 1.85. The predicted molar refractivity (Wildman–Crippen MR) is 64.4 cm³/mol. The van der Waals surface area contributed by atoms with E-state index < -0.39 is 5.54 Å². The number of hydrogen-bond acceptors (Lipinski definition) is 2. The summed E-state index contributed by atoms with van der Waals surface area (Å²) in [5.74, 6) is 0. The molecule has 1 fully saturated rings. The SMILES string of the molecule is CCC(C)(CO)NC(=O)N1CCCCCC1. The second kappa shape index (κ2) is 6.09. The molecular formula is C12H24N2O2. The first-order valence-electron chi connectivity index (χ1n) is 6.29. The monoisotopic (exact) mass is 228 g/mol. The maximum atomic E-state index is 12.0. The van der Waals surface area contributed by atoms with Gasteiger partial charge in [-0.3, -0.25) is 0 Å². The number of rotatable bonds is 3. The maximum absolute atomic E-state index is 12.0. The molecule has 1 aliphatic heterocycles. The fourth-order valence-electron chi connectivity index (χ4n) is 1.85. The van der Waals surface area contributed by atoms with Gasteiger partial charge in [-0.1, -0.05) is 19.8 Å². The van der Waals surface area contributed by atoms with E-state index in [2.05, 4.69) is 5.32 Å². The van der Waals surface area contributed by atoms with E-state index in [0.29, 0.717) is 0 Å². The third kappa shape index (κ3) is 3.67. The minimum Gasteiger partial charge on any atom is -0.394 e. The van der Waals surface area contributed by atoms with Gasteiger partial charge in [-0.2, -0.15) is 0 Å². The summed E-state index contributed by atoms with van der Waals surface area (Å²) >= 11 is 0. The second-order valence-corrected chi connectivity index (χ2v) is 4.90. The number of nitrogens with one attached hydrogen (secondary N) is 1. The molecule has 0 aromatic heterocycles. The topological polar surface area (TPSA) is 52.6 Å². The van der Waals surface area contributed by atoms with Crippen molar-refractivity contribution >= 4 is 6.03 Å². The van der Waals surface area contributed by atoms with Crippen LogP contribution in [0.25, 0.3) is 0 Å². The Labute approximate surface area is 98.0 Å². The van der Waals surface area contributed by atoms with Crippen LogP contribution in [0.1, 0.15) is 46.0 Å². The highest BCUT2D eigenvalue weighted by Crippen LogP contribution is 2.12. The van der Waals surface area contributed by atoms with Crippen molar-refractivity contribution in [2.75, 3.05) is 19.7 Å². The van der Waals surface area contributed by atoms with Gasteiger partial charge >= 0.3 is 6.03 Å². The van der Waals surface area contributed by atoms with E-state index >= 15 is 0 Å². The van der Waals surface area contributed by atoms with Crippen LogP contribution < -0.4 is 5.32 Å². The van der Waals surface area contributed by atoms with Gasteiger partial charge in [-0.05, 0) is 26.2 Å². The third-order valence-corrected chi connectivity index (χ3v) is 3.43. The number of carbonyl (C=O) groups excluding carboxylic acids is 1. The van der Waals surface area contributed by atoms with E-state index in [-0.39, 0.29) is 12.6 Å². The number of amides is 2. The number of aliphatic hydroxyl groups excluding tert-OH is 1. The normalized spacial score (nSPS) is 21.1. The molecule has 0 radical (unpaired) electrons. The van der Waals surface area contributed by atoms with Crippen LogP contribution in [0.3, 0.4) is 0 Å². The molecule has 2 amide bonds. The molecule has 94 valence electrons. The number of urea groups is 1. The first-order chi connectivity index (χ1) is 7.61. The average Bonchev–Trinajstić information content (AvgIpc) is 2.57. The molecule has 1 aliphatic rings. The van der Waals surface area contributed by atoms with Crippen molar-refractivity contribution in [1.29, 1.82) is 0 Å². The van der Waals surface area contributed by atoms with Crippen molar-refractivity contribution in [3.05, 3.63) is 0 Å². The molecule has 1 unspecified atom stereocenters. The highest BCUT2D eigenvalue weighted by molar-refractivity contribution is 5.75. The van der Waals surface area contributed by atoms with Crippen LogP contribution in [0.4, 0.5) is 4.79 Å².